The van der Waals surface area contributed by atoms with Crippen molar-refractivity contribution in [2.75, 3.05) is 24.5 Å². The first-order chi connectivity index (χ1) is 12.0. The highest BCUT2D eigenvalue weighted by Crippen LogP contribution is 2.23. The molecule has 0 aliphatic carbocycles. The van der Waals surface area contributed by atoms with Gasteiger partial charge >= 0.3 is 0 Å². The molecule has 3 rings (SSSR count). The number of aromatic nitrogens is 4. The maximum absolute atomic E-state index is 12.1. The van der Waals surface area contributed by atoms with Crippen LogP contribution in [0.25, 0.3) is 0 Å². The Morgan fingerprint density at radius 1 is 1.40 bits per heavy atom. The number of H-pyrrole nitrogens is 1. The summed E-state index contributed by atoms with van der Waals surface area (Å²) in [5.74, 6) is 0.540. The summed E-state index contributed by atoms with van der Waals surface area (Å²) < 4.78 is 0. The number of aromatic amines is 1. The first-order valence-electron chi connectivity index (χ1n) is 8.48. The second-order valence-electron chi connectivity index (χ2n) is 6.63. The SMILES string of the molecule is Cc1n[nH]c(C)c1CCC(=O)NC[C@@]1(O)CCN(c2ncccn2)C1. The number of anilines is 1. The van der Waals surface area contributed by atoms with Crippen molar-refractivity contribution >= 4 is 11.9 Å². The highest BCUT2D eigenvalue weighted by molar-refractivity contribution is 5.76. The maximum atomic E-state index is 12.1. The van der Waals surface area contributed by atoms with Crippen LogP contribution in [0.1, 0.15) is 29.8 Å². The predicted molar refractivity (Wildman–Crippen MR) is 93.2 cm³/mol. The number of carbonyl (C=O) groups excluding carboxylic acids is 1. The van der Waals surface area contributed by atoms with E-state index in [0.29, 0.717) is 38.3 Å². The van der Waals surface area contributed by atoms with E-state index in [1.165, 1.54) is 0 Å². The van der Waals surface area contributed by atoms with Crippen molar-refractivity contribution in [3.05, 3.63) is 35.4 Å². The number of β-amino-alcohol motifs (C(OH)–C–C–N with tert-alkyl or cyclic N) is 1. The van der Waals surface area contributed by atoms with Gasteiger partial charge in [0.2, 0.25) is 11.9 Å². The van der Waals surface area contributed by atoms with Crippen LogP contribution in [0.5, 0.6) is 0 Å². The quantitative estimate of drug-likeness (QED) is 0.705. The lowest BCUT2D eigenvalue weighted by Crippen LogP contribution is -2.45. The third kappa shape index (κ3) is 4.14. The first kappa shape index (κ1) is 17.3. The van der Waals surface area contributed by atoms with Gasteiger partial charge < -0.3 is 15.3 Å². The second kappa shape index (κ2) is 7.18. The summed E-state index contributed by atoms with van der Waals surface area (Å²) in [6, 6.07) is 1.76. The van der Waals surface area contributed by atoms with Crippen LogP contribution in [0.4, 0.5) is 5.95 Å². The summed E-state index contributed by atoms with van der Waals surface area (Å²) in [5, 5.41) is 20.6. The molecular weight excluding hydrogens is 320 g/mol. The molecule has 25 heavy (non-hydrogen) atoms. The van der Waals surface area contributed by atoms with Crippen molar-refractivity contribution in [2.24, 2.45) is 0 Å². The number of aryl methyl sites for hydroxylation is 2. The third-order valence-corrected chi connectivity index (χ3v) is 4.66. The fourth-order valence-electron chi connectivity index (χ4n) is 3.16. The van der Waals surface area contributed by atoms with Crippen LogP contribution >= 0.6 is 0 Å². The molecule has 0 unspecified atom stereocenters. The lowest BCUT2D eigenvalue weighted by Gasteiger charge is -2.23. The number of amides is 1. The van der Waals surface area contributed by atoms with Crippen LogP contribution in [0.15, 0.2) is 18.5 Å². The summed E-state index contributed by atoms with van der Waals surface area (Å²) in [4.78, 5) is 22.5. The van der Waals surface area contributed by atoms with Crippen LogP contribution < -0.4 is 10.2 Å². The zero-order chi connectivity index (χ0) is 17.9. The average Bonchev–Trinajstić information content (AvgIpc) is 3.16. The molecule has 0 aromatic carbocycles. The molecule has 1 atom stereocenters. The van der Waals surface area contributed by atoms with Gasteiger partial charge in [-0.05, 0) is 38.3 Å². The number of aliphatic hydroxyl groups is 1. The van der Waals surface area contributed by atoms with Crippen molar-refractivity contribution in [1.29, 1.82) is 0 Å². The Morgan fingerprint density at radius 2 is 2.16 bits per heavy atom. The van der Waals surface area contributed by atoms with Gasteiger partial charge in [-0.2, -0.15) is 5.10 Å². The zero-order valence-electron chi connectivity index (χ0n) is 14.6. The van der Waals surface area contributed by atoms with Crippen LogP contribution in [0, 0.1) is 13.8 Å². The van der Waals surface area contributed by atoms with Crippen LogP contribution in [-0.4, -0.2) is 56.4 Å². The number of rotatable bonds is 6. The molecule has 1 saturated heterocycles. The predicted octanol–water partition coefficient (Wildman–Crippen LogP) is 0.507. The Kier molecular flexibility index (Phi) is 4.98. The lowest BCUT2D eigenvalue weighted by molar-refractivity contribution is -0.122. The number of nitrogens with zero attached hydrogens (tertiary/aromatic N) is 4. The molecule has 1 aliphatic heterocycles. The van der Waals surface area contributed by atoms with Crippen molar-refractivity contribution < 1.29 is 9.90 Å². The number of nitrogens with one attached hydrogen (secondary N) is 2. The maximum Gasteiger partial charge on any atom is 0.225 e. The molecule has 1 fully saturated rings. The molecule has 0 spiro atoms. The van der Waals surface area contributed by atoms with Gasteiger partial charge in [-0.3, -0.25) is 9.89 Å². The van der Waals surface area contributed by atoms with E-state index in [-0.39, 0.29) is 12.5 Å². The fourth-order valence-corrected chi connectivity index (χ4v) is 3.16. The Hall–Kier alpha value is -2.48. The topological polar surface area (TPSA) is 107 Å². The van der Waals surface area contributed by atoms with Crippen molar-refractivity contribution in [1.82, 2.24) is 25.5 Å². The van der Waals surface area contributed by atoms with E-state index in [4.69, 9.17) is 0 Å². The molecule has 134 valence electrons. The van der Waals surface area contributed by atoms with Crippen LogP contribution in [0.2, 0.25) is 0 Å². The Morgan fingerprint density at radius 3 is 2.84 bits per heavy atom. The van der Waals surface area contributed by atoms with Gasteiger partial charge in [-0.25, -0.2) is 9.97 Å². The molecule has 8 nitrogen and oxygen atoms in total. The molecule has 1 amide bonds. The molecule has 3 N–H and O–H groups in total. The van der Waals surface area contributed by atoms with Crippen LogP contribution in [0.3, 0.4) is 0 Å². The molecule has 0 saturated carbocycles. The third-order valence-electron chi connectivity index (χ3n) is 4.66. The Bertz CT molecular complexity index is 712. The molecular formula is C17H24N6O2. The van der Waals surface area contributed by atoms with Gasteiger partial charge in [-0.1, -0.05) is 0 Å². The van der Waals surface area contributed by atoms with Crippen molar-refractivity contribution in [2.45, 2.75) is 38.7 Å². The smallest absolute Gasteiger partial charge is 0.225 e. The van der Waals surface area contributed by atoms with Crippen molar-refractivity contribution in [3.8, 4) is 0 Å². The van der Waals surface area contributed by atoms with E-state index < -0.39 is 5.60 Å². The van der Waals surface area contributed by atoms with E-state index in [2.05, 4.69) is 25.5 Å². The normalized spacial score (nSPS) is 20.0. The fraction of sp³-hybridized carbons (Fsp3) is 0.529. The minimum Gasteiger partial charge on any atom is -0.386 e. The number of carbonyl (C=O) groups is 1. The summed E-state index contributed by atoms with van der Waals surface area (Å²) >= 11 is 0. The first-order valence-corrected chi connectivity index (χ1v) is 8.48. The summed E-state index contributed by atoms with van der Waals surface area (Å²) in [6.45, 7) is 5.20. The van der Waals surface area contributed by atoms with E-state index in [1.54, 1.807) is 18.5 Å². The Balaban J connectivity index is 1.47. The summed E-state index contributed by atoms with van der Waals surface area (Å²) in [6.07, 6.45) is 4.96. The van der Waals surface area contributed by atoms with Crippen molar-refractivity contribution in [3.63, 3.8) is 0 Å². The zero-order valence-corrected chi connectivity index (χ0v) is 14.6. The minimum absolute atomic E-state index is 0.0668. The van der Waals surface area contributed by atoms with Gasteiger partial charge in [-0.15, -0.1) is 0 Å². The second-order valence-corrected chi connectivity index (χ2v) is 6.63. The molecule has 2 aromatic rings. The van der Waals surface area contributed by atoms with E-state index >= 15 is 0 Å². The number of hydrogen-bond acceptors (Lipinski definition) is 6. The van der Waals surface area contributed by atoms with E-state index in [0.717, 1.165) is 17.0 Å². The molecule has 0 bridgehead atoms. The average molecular weight is 344 g/mol. The van der Waals surface area contributed by atoms with Gasteiger partial charge in [0, 0.05) is 37.6 Å². The van der Waals surface area contributed by atoms with Gasteiger partial charge in [0.15, 0.2) is 0 Å². The Labute approximate surface area is 146 Å². The highest BCUT2D eigenvalue weighted by atomic mass is 16.3. The van der Waals surface area contributed by atoms with Gasteiger partial charge in [0.25, 0.3) is 0 Å². The molecule has 0 radical (unpaired) electrons. The molecule has 2 aromatic heterocycles. The van der Waals surface area contributed by atoms with E-state index in [9.17, 15) is 9.90 Å². The monoisotopic (exact) mass is 344 g/mol. The van der Waals surface area contributed by atoms with Gasteiger partial charge in [0.1, 0.15) is 5.60 Å². The van der Waals surface area contributed by atoms with E-state index in [1.807, 2.05) is 18.7 Å². The highest BCUT2D eigenvalue weighted by Gasteiger charge is 2.37. The minimum atomic E-state index is -0.948. The standard InChI is InChI=1S/C17H24N6O2/c1-12-14(13(2)22-21-12)4-5-15(24)20-10-17(25)6-9-23(11-17)16-18-7-3-8-19-16/h3,7-8,25H,4-6,9-11H2,1-2H3,(H,20,24)(H,21,22)/t17-/m0/s1. The molecule has 1 aliphatic rings. The molecule has 3 heterocycles. The summed E-state index contributed by atoms with van der Waals surface area (Å²) in [5.41, 5.74) is 2.06. The molecule has 8 heteroatoms. The van der Waals surface area contributed by atoms with Crippen LogP contribution in [-0.2, 0) is 11.2 Å². The largest absolute Gasteiger partial charge is 0.386 e. The summed E-state index contributed by atoms with van der Waals surface area (Å²) in [7, 11) is 0. The lowest BCUT2D eigenvalue weighted by atomic mass is 10.0. The number of hydrogen-bond donors (Lipinski definition) is 3. The van der Waals surface area contributed by atoms with Gasteiger partial charge in [0.05, 0.1) is 12.2 Å².